The zero-order valence-electron chi connectivity index (χ0n) is 13.0. The highest BCUT2D eigenvalue weighted by Gasteiger charge is 2.29. The van der Waals surface area contributed by atoms with Crippen LogP contribution in [0, 0.1) is 11.8 Å². The van der Waals surface area contributed by atoms with E-state index in [1.807, 2.05) is 0 Å². The normalized spacial score (nSPS) is 25.5. The van der Waals surface area contributed by atoms with E-state index in [1.165, 1.54) is 64.2 Å². The fourth-order valence-corrected chi connectivity index (χ4v) is 3.65. The molecule has 0 aromatic heterocycles. The van der Waals surface area contributed by atoms with E-state index < -0.39 is 0 Å². The van der Waals surface area contributed by atoms with E-state index in [0.29, 0.717) is 0 Å². The Morgan fingerprint density at radius 1 is 1.00 bits per heavy atom. The highest BCUT2D eigenvalue weighted by Crippen LogP contribution is 2.35. The van der Waals surface area contributed by atoms with E-state index in [0.717, 1.165) is 24.4 Å². The fraction of sp³-hybridized carbons (Fsp3) is 1.00. The van der Waals surface area contributed by atoms with Gasteiger partial charge in [-0.3, -0.25) is 0 Å². The van der Waals surface area contributed by atoms with Crippen molar-refractivity contribution in [2.24, 2.45) is 11.8 Å². The topological polar surface area (TPSA) is 12.0 Å². The quantitative estimate of drug-likeness (QED) is 0.531. The van der Waals surface area contributed by atoms with Gasteiger partial charge >= 0.3 is 0 Å². The van der Waals surface area contributed by atoms with Crippen LogP contribution in [0.4, 0.5) is 0 Å². The average molecular weight is 253 g/mol. The first-order chi connectivity index (χ1) is 8.79. The smallest absolute Gasteiger partial charge is 0.00977 e. The standard InChI is InChI=1S/C17H35N/c1-4-6-7-8-9-10-14-17(18-5-2)16-13-11-12-15(16)3/h15-18H,4-14H2,1-3H3. The molecule has 1 aliphatic rings. The third-order valence-electron chi connectivity index (χ3n) is 4.78. The number of nitrogens with one attached hydrogen (secondary N) is 1. The Kier molecular flexibility index (Phi) is 8.75. The monoisotopic (exact) mass is 253 g/mol. The van der Waals surface area contributed by atoms with E-state index >= 15 is 0 Å². The van der Waals surface area contributed by atoms with Crippen LogP contribution < -0.4 is 5.32 Å². The summed E-state index contributed by atoms with van der Waals surface area (Å²) in [6.07, 6.45) is 14.4. The maximum absolute atomic E-state index is 3.76. The van der Waals surface area contributed by atoms with Crippen molar-refractivity contribution >= 4 is 0 Å². The molecule has 0 saturated heterocycles. The molecule has 0 amide bonds. The molecule has 1 rings (SSSR count). The molecule has 0 spiro atoms. The second-order valence-electron chi connectivity index (χ2n) is 6.29. The van der Waals surface area contributed by atoms with Crippen LogP contribution in [-0.2, 0) is 0 Å². The summed E-state index contributed by atoms with van der Waals surface area (Å²) in [6.45, 7) is 8.16. The lowest BCUT2D eigenvalue weighted by Gasteiger charge is -2.27. The van der Waals surface area contributed by atoms with Crippen molar-refractivity contribution in [2.75, 3.05) is 6.54 Å². The number of rotatable bonds is 10. The molecule has 3 unspecified atom stereocenters. The molecule has 0 heterocycles. The lowest BCUT2D eigenvalue weighted by molar-refractivity contribution is 0.281. The molecular formula is C17H35N. The molecule has 3 atom stereocenters. The maximum Gasteiger partial charge on any atom is 0.00977 e. The van der Waals surface area contributed by atoms with Crippen LogP contribution in [0.1, 0.15) is 85.0 Å². The van der Waals surface area contributed by atoms with E-state index in [9.17, 15) is 0 Å². The molecule has 18 heavy (non-hydrogen) atoms. The third-order valence-corrected chi connectivity index (χ3v) is 4.78. The van der Waals surface area contributed by atoms with Crippen LogP contribution in [0.3, 0.4) is 0 Å². The summed E-state index contributed by atoms with van der Waals surface area (Å²) < 4.78 is 0. The molecule has 1 heteroatoms. The predicted octanol–water partition coefficient (Wildman–Crippen LogP) is 5.15. The Morgan fingerprint density at radius 3 is 2.33 bits per heavy atom. The van der Waals surface area contributed by atoms with E-state index in [2.05, 4.69) is 26.1 Å². The van der Waals surface area contributed by atoms with Crippen molar-refractivity contribution in [3.8, 4) is 0 Å². The lowest BCUT2D eigenvalue weighted by Crippen LogP contribution is -2.37. The number of hydrogen-bond donors (Lipinski definition) is 1. The van der Waals surface area contributed by atoms with E-state index in [1.54, 1.807) is 0 Å². The van der Waals surface area contributed by atoms with Crippen molar-refractivity contribution in [1.29, 1.82) is 0 Å². The van der Waals surface area contributed by atoms with E-state index in [4.69, 9.17) is 0 Å². The minimum atomic E-state index is 0.804. The molecule has 108 valence electrons. The Balaban J connectivity index is 2.17. The number of hydrogen-bond acceptors (Lipinski definition) is 1. The van der Waals surface area contributed by atoms with Crippen LogP contribution >= 0.6 is 0 Å². The van der Waals surface area contributed by atoms with Gasteiger partial charge in [-0.25, -0.2) is 0 Å². The van der Waals surface area contributed by atoms with Gasteiger partial charge in [0.1, 0.15) is 0 Å². The van der Waals surface area contributed by atoms with Gasteiger partial charge in [-0.1, -0.05) is 72.1 Å². The minimum absolute atomic E-state index is 0.804. The summed E-state index contributed by atoms with van der Waals surface area (Å²) in [5, 5.41) is 3.76. The van der Waals surface area contributed by atoms with Crippen LogP contribution in [0.25, 0.3) is 0 Å². The van der Waals surface area contributed by atoms with Crippen molar-refractivity contribution in [3.05, 3.63) is 0 Å². The summed E-state index contributed by atoms with van der Waals surface area (Å²) in [5.74, 6) is 1.91. The lowest BCUT2D eigenvalue weighted by atomic mass is 9.87. The van der Waals surface area contributed by atoms with Gasteiger partial charge in [-0.2, -0.15) is 0 Å². The van der Waals surface area contributed by atoms with Gasteiger partial charge < -0.3 is 5.32 Å². The molecule has 1 fully saturated rings. The predicted molar refractivity (Wildman–Crippen MR) is 82.0 cm³/mol. The molecule has 1 saturated carbocycles. The summed E-state index contributed by atoms with van der Waals surface area (Å²) in [4.78, 5) is 0. The molecule has 0 aromatic rings. The molecule has 0 aromatic carbocycles. The fourth-order valence-electron chi connectivity index (χ4n) is 3.65. The van der Waals surface area contributed by atoms with Crippen LogP contribution in [0.15, 0.2) is 0 Å². The van der Waals surface area contributed by atoms with Gasteiger partial charge in [0.2, 0.25) is 0 Å². The highest BCUT2D eigenvalue weighted by atomic mass is 14.9. The number of unbranched alkanes of at least 4 members (excludes halogenated alkanes) is 5. The molecule has 0 bridgehead atoms. The van der Waals surface area contributed by atoms with Crippen molar-refractivity contribution in [2.45, 2.75) is 91.0 Å². The van der Waals surface area contributed by atoms with Gasteiger partial charge in [0, 0.05) is 6.04 Å². The molecule has 1 N–H and O–H groups in total. The Morgan fingerprint density at radius 2 is 1.72 bits per heavy atom. The Labute approximate surface area is 115 Å². The van der Waals surface area contributed by atoms with E-state index in [-0.39, 0.29) is 0 Å². The highest BCUT2D eigenvalue weighted by molar-refractivity contribution is 4.84. The van der Waals surface area contributed by atoms with Gasteiger partial charge in [0.25, 0.3) is 0 Å². The van der Waals surface area contributed by atoms with Crippen LogP contribution in [-0.4, -0.2) is 12.6 Å². The van der Waals surface area contributed by atoms with Crippen LogP contribution in [0.2, 0.25) is 0 Å². The van der Waals surface area contributed by atoms with Gasteiger partial charge in [-0.15, -0.1) is 0 Å². The first-order valence-electron chi connectivity index (χ1n) is 8.53. The Hall–Kier alpha value is -0.0400. The maximum atomic E-state index is 3.76. The van der Waals surface area contributed by atoms with Gasteiger partial charge in [0.05, 0.1) is 0 Å². The molecule has 0 radical (unpaired) electrons. The second-order valence-corrected chi connectivity index (χ2v) is 6.29. The average Bonchev–Trinajstić information content (AvgIpc) is 2.78. The zero-order valence-corrected chi connectivity index (χ0v) is 13.0. The first-order valence-corrected chi connectivity index (χ1v) is 8.53. The summed E-state index contributed by atoms with van der Waals surface area (Å²) >= 11 is 0. The van der Waals surface area contributed by atoms with Gasteiger partial charge in [-0.05, 0) is 31.2 Å². The van der Waals surface area contributed by atoms with Crippen molar-refractivity contribution in [1.82, 2.24) is 5.32 Å². The largest absolute Gasteiger partial charge is 0.314 e. The SMILES string of the molecule is CCCCCCCCC(NCC)C1CCCC1C. The second kappa shape index (κ2) is 9.83. The molecule has 1 nitrogen and oxygen atoms in total. The van der Waals surface area contributed by atoms with Crippen molar-refractivity contribution < 1.29 is 0 Å². The first kappa shape index (κ1) is 16.0. The van der Waals surface area contributed by atoms with Crippen molar-refractivity contribution in [3.63, 3.8) is 0 Å². The molecule has 1 aliphatic carbocycles. The summed E-state index contributed by atoms with van der Waals surface area (Å²) in [5.41, 5.74) is 0. The molecular weight excluding hydrogens is 218 g/mol. The minimum Gasteiger partial charge on any atom is -0.314 e. The zero-order chi connectivity index (χ0) is 13.2. The van der Waals surface area contributed by atoms with Gasteiger partial charge in [0.15, 0.2) is 0 Å². The summed E-state index contributed by atoms with van der Waals surface area (Å²) in [6, 6.07) is 0.804. The Bertz CT molecular complexity index is 190. The van der Waals surface area contributed by atoms with Crippen LogP contribution in [0.5, 0.6) is 0 Å². The molecule has 0 aliphatic heterocycles. The summed E-state index contributed by atoms with van der Waals surface area (Å²) in [7, 11) is 0. The third kappa shape index (κ3) is 5.73.